The minimum absolute atomic E-state index is 0.259. The molecule has 0 aliphatic heterocycles. The van der Waals surface area contributed by atoms with E-state index in [9.17, 15) is 0 Å². The first-order valence-corrected chi connectivity index (χ1v) is 7.97. The molecule has 3 heteroatoms. The number of hydrogen-bond donors (Lipinski definition) is 1. The zero-order valence-electron chi connectivity index (χ0n) is 13.1. The number of benzene rings is 2. The molecular formula is C21H17N3. The molecule has 0 spiro atoms. The third kappa shape index (κ3) is 2.72. The first kappa shape index (κ1) is 14.4. The Kier molecular flexibility index (Phi) is 3.90. The summed E-state index contributed by atoms with van der Waals surface area (Å²) in [5, 5.41) is 2.66. The highest BCUT2D eigenvalue weighted by molar-refractivity contribution is 5.96. The third-order valence-electron chi connectivity index (χ3n) is 4.18. The molecule has 0 amide bonds. The molecule has 2 heterocycles. The van der Waals surface area contributed by atoms with Gasteiger partial charge < -0.3 is 4.98 Å². The van der Waals surface area contributed by atoms with E-state index in [1.807, 2.05) is 24.4 Å². The molecule has 1 aliphatic rings. The smallest absolute Gasteiger partial charge is 0.0923 e. The van der Waals surface area contributed by atoms with Crippen LogP contribution in [0.1, 0.15) is 22.7 Å². The minimum atomic E-state index is 0.259. The van der Waals surface area contributed by atoms with E-state index in [0.717, 1.165) is 5.69 Å². The fourth-order valence-corrected chi connectivity index (χ4v) is 3.11. The van der Waals surface area contributed by atoms with E-state index in [1.54, 1.807) is 18.7 Å². The number of hydrogen-bond acceptors (Lipinski definition) is 2. The van der Waals surface area contributed by atoms with Crippen LogP contribution in [0, 0.1) is 0 Å². The molecule has 0 fully saturated rings. The van der Waals surface area contributed by atoms with Gasteiger partial charge >= 0.3 is 0 Å². The number of allylic oxidation sites excluding steroid dienone is 1. The second kappa shape index (κ2) is 6.50. The van der Waals surface area contributed by atoms with Crippen LogP contribution in [-0.2, 0) is 0 Å². The van der Waals surface area contributed by atoms with Crippen molar-refractivity contribution in [1.82, 2.24) is 15.0 Å². The van der Waals surface area contributed by atoms with Crippen LogP contribution in [0.2, 0.25) is 0 Å². The number of nitrogens with zero attached hydrogens (tertiary/aromatic N) is 2. The van der Waals surface area contributed by atoms with Crippen LogP contribution < -0.4 is 0 Å². The van der Waals surface area contributed by atoms with Crippen LogP contribution in [0.25, 0.3) is 16.8 Å². The maximum atomic E-state index is 4.39. The maximum absolute atomic E-state index is 4.39. The molecule has 1 atom stereocenters. The van der Waals surface area contributed by atoms with Crippen LogP contribution in [0.5, 0.6) is 0 Å². The van der Waals surface area contributed by atoms with Crippen LogP contribution >= 0.6 is 0 Å². The maximum Gasteiger partial charge on any atom is 0.0923 e. The molecule has 3 nitrogen and oxygen atoms in total. The van der Waals surface area contributed by atoms with Crippen LogP contribution in [0.15, 0.2) is 85.6 Å². The SMILES string of the molecule is C1=CC(c2c[nH]cn2)c2cccc3cccc1c23.c1ccncc1. The van der Waals surface area contributed by atoms with Gasteiger partial charge in [0.25, 0.3) is 0 Å². The Morgan fingerprint density at radius 2 is 1.71 bits per heavy atom. The number of imidazole rings is 1. The number of H-pyrrole nitrogens is 1. The average molecular weight is 311 g/mol. The monoisotopic (exact) mass is 311 g/mol. The molecule has 116 valence electrons. The molecule has 2 aromatic heterocycles. The number of nitrogens with one attached hydrogen (secondary N) is 1. The largest absolute Gasteiger partial charge is 0.351 e. The highest BCUT2D eigenvalue weighted by atomic mass is 14.9. The summed E-state index contributed by atoms with van der Waals surface area (Å²) in [6, 6.07) is 18.7. The average Bonchev–Trinajstić information content (AvgIpc) is 3.19. The van der Waals surface area contributed by atoms with Gasteiger partial charge in [0, 0.05) is 24.5 Å². The normalized spacial score (nSPS) is 14.9. The Labute approximate surface area is 140 Å². The van der Waals surface area contributed by atoms with Gasteiger partial charge in [-0.3, -0.25) is 4.98 Å². The van der Waals surface area contributed by atoms with Crippen molar-refractivity contribution in [1.29, 1.82) is 0 Å². The zero-order chi connectivity index (χ0) is 16.2. The summed E-state index contributed by atoms with van der Waals surface area (Å²) in [5.74, 6) is 0.259. The van der Waals surface area contributed by atoms with Gasteiger partial charge in [0.15, 0.2) is 0 Å². The highest BCUT2D eigenvalue weighted by Crippen LogP contribution is 2.37. The fraction of sp³-hybridized carbons (Fsp3) is 0.0476. The predicted molar refractivity (Wildman–Crippen MR) is 97.6 cm³/mol. The summed E-state index contributed by atoms with van der Waals surface area (Å²) in [6.45, 7) is 0. The molecule has 1 aliphatic carbocycles. The standard InChI is InChI=1S/C16H12N2.C5H5N/c1-3-11-5-2-6-14-13(15-9-17-10-18-15)8-7-12(4-1)16(11)14;1-2-4-6-5-3-1/h1-10,13H,(H,17,18);1-5H. The van der Waals surface area contributed by atoms with Crippen molar-refractivity contribution in [3.63, 3.8) is 0 Å². The summed E-state index contributed by atoms with van der Waals surface area (Å²) in [5.41, 5.74) is 3.72. The summed E-state index contributed by atoms with van der Waals surface area (Å²) >= 11 is 0. The second-order valence-corrected chi connectivity index (χ2v) is 5.65. The minimum Gasteiger partial charge on any atom is -0.351 e. The van der Waals surface area contributed by atoms with Crippen molar-refractivity contribution in [2.24, 2.45) is 0 Å². The first-order chi connectivity index (χ1) is 11.9. The molecule has 0 bridgehead atoms. The van der Waals surface area contributed by atoms with Gasteiger partial charge in [-0.15, -0.1) is 0 Å². The molecule has 0 saturated heterocycles. The van der Waals surface area contributed by atoms with Gasteiger partial charge in [-0.05, 0) is 34.0 Å². The van der Waals surface area contributed by atoms with Crippen molar-refractivity contribution < 1.29 is 0 Å². The lowest BCUT2D eigenvalue weighted by Gasteiger charge is -2.19. The molecule has 4 aromatic rings. The summed E-state index contributed by atoms with van der Waals surface area (Å²) in [7, 11) is 0. The van der Waals surface area contributed by atoms with Crippen molar-refractivity contribution >= 4 is 16.8 Å². The van der Waals surface area contributed by atoms with Gasteiger partial charge in [0.1, 0.15) is 0 Å². The van der Waals surface area contributed by atoms with Crippen molar-refractivity contribution in [2.75, 3.05) is 0 Å². The van der Waals surface area contributed by atoms with E-state index < -0.39 is 0 Å². The topological polar surface area (TPSA) is 41.6 Å². The van der Waals surface area contributed by atoms with Gasteiger partial charge in [-0.2, -0.15) is 0 Å². The number of aromatic nitrogens is 3. The van der Waals surface area contributed by atoms with Crippen molar-refractivity contribution in [2.45, 2.75) is 5.92 Å². The van der Waals surface area contributed by atoms with E-state index in [4.69, 9.17) is 0 Å². The number of rotatable bonds is 1. The van der Waals surface area contributed by atoms with Crippen LogP contribution in [0.3, 0.4) is 0 Å². The Morgan fingerprint density at radius 3 is 2.38 bits per heavy atom. The van der Waals surface area contributed by atoms with Crippen molar-refractivity contribution in [3.8, 4) is 0 Å². The van der Waals surface area contributed by atoms with Gasteiger partial charge in [-0.25, -0.2) is 4.98 Å². The van der Waals surface area contributed by atoms with Crippen LogP contribution in [-0.4, -0.2) is 15.0 Å². The zero-order valence-corrected chi connectivity index (χ0v) is 13.1. The Bertz CT molecular complexity index is 925. The van der Waals surface area contributed by atoms with Crippen LogP contribution in [0.4, 0.5) is 0 Å². The Hall–Kier alpha value is -3.20. The van der Waals surface area contributed by atoms with E-state index in [2.05, 4.69) is 63.5 Å². The molecule has 1 unspecified atom stereocenters. The Balaban J connectivity index is 0.000000207. The molecule has 1 N–H and O–H groups in total. The Morgan fingerprint density at radius 1 is 0.875 bits per heavy atom. The van der Waals surface area contributed by atoms with Crippen molar-refractivity contribution in [3.05, 3.63) is 102 Å². The summed E-state index contributed by atoms with van der Waals surface area (Å²) in [4.78, 5) is 11.2. The van der Waals surface area contributed by atoms with Gasteiger partial charge in [-0.1, -0.05) is 54.6 Å². The lowest BCUT2D eigenvalue weighted by atomic mass is 9.85. The predicted octanol–water partition coefficient (Wildman–Crippen LogP) is 4.80. The lowest BCUT2D eigenvalue weighted by Crippen LogP contribution is -2.03. The van der Waals surface area contributed by atoms with E-state index in [0.29, 0.717) is 0 Å². The molecule has 0 saturated carbocycles. The molecule has 2 aromatic carbocycles. The third-order valence-corrected chi connectivity index (χ3v) is 4.18. The van der Waals surface area contributed by atoms with E-state index in [1.165, 1.54) is 21.9 Å². The summed E-state index contributed by atoms with van der Waals surface area (Å²) in [6.07, 6.45) is 11.6. The quantitative estimate of drug-likeness (QED) is 0.548. The lowest BCUT2D eigenvalue weighted by molar-refractivity contribution is 0.982. The van der Waals surface area contributed by atoms with E-state index in [-0.39, 0.29) is 5.92 Å². The van der Waals surface area contributed by atoms with Gasteiger partial charge in [0.05, 0.1) is 12.0 Å². The number of aromatic amines is 1. The van der Waals surface area contributed by atoms with Gasteiger partial charge in [0.2, 0.25) is 0 Å². The second-order valence-electron chi connectivity index (χ2n) is 5.65. The molecule has 5 rings (SSSR count). The molecular weight excluding hydrogens is 294 g/mol. The van der Waals surface area contributed by atoms with E-state index >= 15 is 0 Å². The summed E-state index contributed by atoms with van der Waals surface area (Å²) < 4.78 is 0. The molecule has 0 radical (unpaired) electrons. The number of pyridine rings is 1. The molecule has 24 heavy (non-hydrogen) atoms. The first-order valence-electron chi connectivity index (χ1n) is 7.97. The highest BCUT2D eigenvalue weighted by Gasteiger charge is 2.19. The fourth-order valence-electron chi connectivity index (χ4n) is 3.11.